The average molecular weight is 247 g/mol. The summed E-state index contributed by atoms with van der Waals surface area (Å²) >= 11 is 0. The van der Waals surface area contributed by atoms with Crippen molar-refractivity contribution in [3.05, 3.63) is 35.6 Å². The fourth-order valence-corrected chi connectivity index (χ4v) is 2.04. The van der Waals surface area contributed by atoms with Crippen molar-refractivity contribution in [1.82, 2.24) is 10.7 Å². The fraction of sp³-hybridized carbons (Fsp3) is 0.385. The Balaban J connectivity index is 1.74. The van der Waals surface area contributed by atoms with E-state index in [9.17, 15) is 9.18 Å². The molecule has 1 aliphatic heterocycles. The molecule has 0 saturated heterocycles. The van der Waals surface area contributed by atoms with E-state index in [0.29, 0.717) is 6.54 Å². The molecular formula is C13H14FN3O. The molecule has 18 heavy (non-hydrogen) atoms. The van der Waals surface area contributed by atoms with Crippen molar-refractivity contribution in [3.8, 4) is 0 Å². The molecule has 1 unspecified atom stereocenters. The number of hydrogen-bond acceptors (Lipinski definition) is 3. The molecule has 3 rings (SSSR count). The highest BCUT2D eigenvalue weighted by Crippen LogP contribution is 2.29. The molecule has 0 aromatic heterocycles. The van der Waals surface area contributed by atoms with Crippen molar-refractivity contribution in [2.24, 2.45) is 11.0 Å². The number of amides is 1. The Morgan fingerprint density at radius 2 is 2.06 bits per heavy atom. The van der Waals surface area contributed by atoms with Gasteiger partial charge in [0.2, 0.25) is 5.91 Å². The molecule has 0 radical (unpaired) electrons. The second-order valence-electron chi connectivity index (χ2n) is 4.70. The maximum atomic E-state index is 12.9. The monoisotopic (exact) mass is 247 g/mol. The molecule has 5 heteroatoms. The third kappa shape index (κ3) is 2.20. The van der Waals surface area contributed by atoms with Gasteiger partial charge in [-0.2, -0.15) is 5.10 Å². The summed E-state index contributed by atoms with van der Waals surface area (Å²) in [5.74, 6) is 0.00227. The lowest BCUT2D eigenvalue weighted by Gasteiger charge is -2.14. The minimum Gasteiger partial charge on any atom is -0.346 e. The summed E-state index contributed by atoms with van der Waals surface area (Å²) in [6.45, 7) is 0.588. The summed E-state index contributed by atoms with van der Waals surface area (Å²) in [4.78, 5) is 11.7. The molecule has 0 bridgehead atoms. The number of rotatable bonds is 3. The predicted octanol–water partition coefficient (Wildman–Crippen LogP) is 1.03. The number of hydrogen-bond donors (Lipinski definition) is 2. The summed E-state index contributed by atoms with van der Waals surface area (Å²) in [5, 5.41) is 7.16. The smallest absolute Gasteiger partial charge is 0.223 e. The van der Waals surface area contributed by atoms with Crippen LogP contribution in [0, 0.1) is 11.7 Å². The lowest BCUT2D eigenvalue weighted by molar-refractivity contribution is -0.122. The number of hydrazone groups is 1. The van der Waals surface area contributed by atoms with Crippen molar-refractivity contribution >= 4 is 11.6 Å². The van der Waals surface area contributed by atoms with Gasteiger partial charge in [0, 0.05) is 11.5 Å². The molecular weight excluding hydrogens is 233 g/mol. The van der Waals surface area contributed by atoms with Gasteiger partial charge in [-0.25, -0.2) is 4.39 Å². The van der Waals surface area contributed by atoms with Gasteiger partial charge in [0.05, 0.1) is 18.3 Å². The van der Waals surface area contributed by atoms with E-state index in [2.05, 4.69) is 15.8 Å². The minimum atomic E-state index is -0.274. The van der Waals surface area contributed by atoms with E-state index in [1.807, 2.05) is 0 Å². The molecule has 0 spiro atoms. The molecule has 4 nitrogen and oxygen atoms in total. The van der Waals surface area contributed by atoms with Gasteiger partial charge in [-0.1, -0.05) is 12.1 Å². The molecule has 1 heterocycles. The predicted molar refractivity (Wildman–Crippen MR) is 65.6 cm³/mol. The molecule has 1 aromatic carbocycles. The van der Waals surface area contributed by atoms with E-state index >= 15 is 0 Å². The van der Waals surface area contributed by atoms with Gasteiger partial charge in [-0.15, -0.1) is 0 Å². The second kappa shape index (κ2) is 4.40. The van der Waals surface area contributed by atoms with Crippen molar-refractivity contribution in [2.75, 3.05) is 6.54 Å². The van der Waals surface area contributed by atoms with Crippen molar-refractivity contribution < 1.29 is 9.18 Å². The van der Waals surface area contributed by atoms with E-state index in [1.165, 1.54) is 12.1 Å². The summed E-state index contributed by atoms with van der Waals surface area (Å²) in [6, 6.07) is 6.03. The van der Waals surface area contributed by atoms with E-state index in [4.69, 9.17) is 0 Å². The molecule has 94 valence electrons. The van der Waals surface area contributed by atoms with Gasteiger partial charge in [-0.05, 0) is 25.0 Å². The third-order valence-electron chi connectivity index (χ3n) is 3.23. The third-order valence-corrected chi connectivity index (χ3v) is 3.23. The van der Waals surface area contributed by atoms with E-state index in [-0.39, 0.29) is 23.7 Å². The number of benzene rings is 1. The summed E-state index contributed by atoms with van der Waals surface area (Å²) in [6.07, 6.45) is 1.96. The first-order chi connectivity index (χ1) is 8.74. The Bertz CT molecular complexity index is 493. The Kier molecular flexibility index (Phi) is 2.74. The van der Waals surface area contributed by atoms with Crippen LogP contribution in [0.15, 0.2) is 29.4 Å². The maximum Gasteiger partial charge on any atom is 0.223 e. The lowest BCUT2D eigenvalue weighted by Crippen LogP contribution is -2.43. The van der Waals surface area contributed by atoms with Crippen LogP contribution in [-0.2, 0) is 4.79 Å². The van der Waals surface area contributed by atoms with Gasteiger partial charge in [0.15, 0.2) is 0 Å². The number of carbonyl (C=O) groups excluding carboxylic acids is 1. The zero-order valence-corrected chi connectivity index (χ0v) is 9.82. The van der Waals surface area contributed by atoms with Gasteiger partial charge in [-0.3, -0.25) is 4.79 Å². The topological polar surface area (TPSA) is 53.5 Å². The Hall–Kier alpha value is -1.91. The summed E-state index contributed by atoms with van der Waals surface area (Å²) < 4.78 is 12.9. The molecule has 1 atom stereocenters. The quantitative estimate of drug-likeness (QED) is 0.838. The largest absolute Gasteiger partial charge is 0.346 e. The zero-order chi connectivity index (χ0) is 12.5. The maximum absolute atomic E-state index is 12.9. The first-order valence-electron chi connectivity index (χ1n) is 6.11. The van der Waals surface area contributed by atoms with Crippen LogP contribution in [0.25, 0.3) is 0 Å². The number of halogens is 1. The highest BCUT2D eigenvalue weighted by molar-refractivity contribution is 6.07. The Labute approximate surface area is 104 Å². The van der Waals surface area contributed by atoms with Gasteiger partial charge in [0.1, 0.15) is 5.82 Å². The summed E-state index contributed by atoms with van der Waals surface area (Å²) in [5.41, 5.74) is 4.48. The minimum absolute atomic E-state index is 0.0958. The van der Waals surface area contributed by atoms with Gasteiger partial charge < -0.3 is 10.7 Å². The van der Waals surface area contributed by atoms with Crippen LogP contribution in [0.3, 0.4) is 0 Å². The molecule has 1 aromatic rings. The number of nitrogens with one attached hydrogen (secondary N) is 2. The Morgan fingerprint density at radius 1 is 1.33 bits per heavy atom. The highest BCUT2D eigenvalue weighted by atomic mass is 19.1. The normalized spacial score (nSPS) is 22.3. The lowest BCUT2D eigenvalue weighted by atomic mass is 10.0. The van der Waals surface area contributed by atoms with E-state index in [1.54, 1.807) is 12.1 Å². The van der Waals surface area contributed by atoms with E-state index in [0.717, 1.165) is 24.1 Å². The molecule has 2 aliphatic rings. The Morgan fingerprint density at radius 3 is 2.72 bits per heavy atom. The molecule has 1 fully saturated rings. The van der Waals surface area contributed by atoms with Crippen LogP contribution in [0.1, 0.15) is 18.4 Å². The van der Waals surface area contributed by atoms with Gasteiger partial charge >= 0.3 is 0 Å². The standard InChI is InChI=1S/C13H14FN3O/c14-10-5-3-8(4-6-10)12-11(7-15-17-12)16-13(18)9-1-2-9/h3-6,9,11,15H,1-2,7H2,(H,16,18). The van der Waals surface area contributed by atoms with Crippen molar-refractivity contribution in [3.63, 3.8) is 0 Å². The average Bonchev–Trinajstić information content (AvgIpc) is 3.12. The second-order valence-corrected chi connectivity index (χ2v) is 4.70. The SMILES string of the molecule is O=C(NC1CNN=C1c1ccc(F)cc1)C1CC1. The van der Waals surface area contributed by atoms with Crippen LogP contribution in [0.2, 0.25) is 0 Å². The molecule has 1 saturated carbocycles. The first-order valence-corrected chi connectivity index (χ1v) is 6.11. The van der Waals surface area contributed by atoms with Gasteiger partial charge in [0.25, 0.3) is 0 Å². The highest BCUT2D eigenvalue weighted by Gasteiger charge is 2.33. The molecule has 1 aliphatic carbocycles. The van der Waals surface area contributed by atoms with Crippen LogP contribution < -0.4 is 10.7 Å². The van der Waals surface area contributed by atoms with Crippen molar-refractivity contribution in [2.45, 2.75) is 18.9 Å². The first kappa shape index (κ1) is 11.2. The molecule has 1 amide bonds. The van der Waals surface area contributed by atoms with Crippen LogP contribution in [-0.4, -0.2) is 24.2 Å². The van der Waals surface area contributed by atoms with Crippen LogP contribution in [0.4, 0.5) is 4.39 Å². The zero-order valence-electron chi connectivity index (χ0n) is 9.82. The van der Waals surface area contributed by atoms with E-state index < -0.39 is 0 Å². The van der Waals surface area contributed by atoms with Crippen molar-refractivity contribution in [1.29, 1.82) is 0 Å². The molecule has 2 N–H and O–H groups in total. The van der Waals surface area contributed by atoms with Crippen LogP contribution in [0.5, 0.6) is 0 Å². The fourth-order valence-electron chi connectivity index (χ4n) is 2.04. The summed E-state index contributed by atoms with van der Waals surface area (Å²) in [7, 11) is 0. The number of carbonyl (C=O) groups is 1. The number of nitrogens with zero attached hydrogens (tertiary/aromatic N) is 1. The van der Waals surface area contributed by atoms with Crippen LogP contribution >= 0.6 is 0 Å².